The van der Waals surface area contributed by atoms with Crippen molar-refractivity contribution >= 4 is 27.5 Å². The van der Waals surface area contributed by atoms with E-state index in [1.165, 1.54) is 17.7 Å². The van der Waals surface area contributed by atoms with Crippen molar-refractivity contribution in [2.24, 2.45) is 0 Å². The van der Waals surface area contributed by atoms with Crippen LogP contribution in [0.25, 0.3) is 0 Å². The summed E-state index contributed by atoms with van der Waals surface area (Å²) in [6.45, 7) is 2.10. The SMILES string of the molecule is CCCc1ccc(C(Cl)c2c(F)cc(Br)cc2F)cc1. The summed E-state index contributed by atoms with van der Waals surface area (Å²) in [5.41, 5.74) is 1.77. The normalized spacial score (nSPS) is 12.4. The third kappa shape index (κ3) is 3.39. The molecule has 2 rings (SSSR count). The maximum Gasteiger partial charge on any atom is 0.132 e. The first-order valence-corrected chi connectivity index (χ1v) is 7.63. The van der Waals surface area contributed by atoms with Crippen molar-refractivity contribution in [1.29, 1.82) is 0 Å². The van der Waals surface area contributed by atoms with E-state index in [4.69, 9.17) is 11.6 Å². The average Bonchev–Trinajstić information content (AvgIpc) is 2.38. The van der Waals surface area contributed by atoms with Gasteiger partial charge in [-0.15, -0.1) is 11.6 Å². The Balaban J connectivity index is 2.33. The van der Waals surface area contributed by atoms with Crippen molar-refractivity contribution in [3.05, 3.63) is 69.2 Å². The minimum absolute atomic E-state index is 0.113. The number of rotatable bonds is 4. The van der Waals surface area contributed by atoms with E-state index in [9.17, 15) is 8.78 Å². The van der Waals surface area contributed by atoms with Crippen LogP contribution in [-0.4, -0.2) is 0 Å². The van der Waals surface area contributed by atoms with E-state index >= 15 is 0 Å². The summed E-state index contributed by atoms with van der Waals surface area (Å²) in [5.74, 6) is -1.29. The lowest BCUT2D eigenvalue weighted by molar-refractivity contribution is 0.557. The van der Waals surface area contributed by atoms with Gasteiger partial charge in [0.25, 0.3) is 0 Å². The molecule has 1 unspecified atom stereocenters. The molecular weight excluding hydrogens is 346 g/mol. The number of alkyl halides is 1. The molecule has 106 valence electrons. The van der Waals surface area contributed by atoms with E-state index in [-0.39, 0.29) is 5.56 Å². The molecule has 2 aromatic rings. The first-order chi connectivity index (χ1) is 9.52. The standard InChI is InChI=1S/C16H14BrClF2/c1-2-3-10-4-6-11(7-5-10)16(18)15-13(19)8-12(17)9-14(15)20/h4-9,16H,2-3H2,1H3. The van der Waals surface area contributed by atoms with Crippen LogP contribution in [0.3, 0.4) is 0 Å². The highest BCUT2D eigenvalue weighted by molar-refractivity contribution is 9.10. The van der Waals surface area contributed by atoms with Crippen LogP contribution in [-0.2, 0) is 6.42 Å². The van der Waals surface area contributed by atoms with Crippen LogP contribution in [0, 0.1) is 11.6 Å². The highest BCUT2D eigenvalue weighted by Crippen LogP contribution is 2.34. The minimum Gasteiger partial charge on any atom is -0.206 e. The molecule has 0 aliphatic rings. The zero-order valence-corrected chi connectivity index (χ0v) is 13.3. The molecule has 0 amide bonds. The Kier molecular flexibility index (Phi) is 5.17. The van der Waals surface area contributed by atoms with Crippen LogP contribution in [0.2, 0.25) is 0 Å². The Labute approximate surface area is 130 Å². The highest BCUT2D eigenvalue weighted by atomic mass is 79.9. The lowest BCUT2D eigenvalue weighted by Gasteiger charge is -2.13. The quantitative estimate of drug-likeness (QED) is 0.587. The second-order valence-electron chi connectivity index (χ2n) is 4.64. The second kappa shape index (κ2) is 6.68. The van der Waals surface area contributed by atoms with E-state index < -0.39 is 17.0 Å². The fraction of sp³-hybridized carbons (Fsp3) is 0.250. The molecule has 4 heteroatoms. The van der Waals surface area contributed by atoms with Gasteiger partial charge in [-0.2, -0.15) is 0 Å². The summed E-state index contributed by atoms with van der Waals surface area (Å²) in [5, 5.41) is -0.834. The molecular formula is C16H14BrClF2. The van der Waals surface area contributed by atoms with Gasteiger partial charge < -0.3 is 0 Å². The van der Waals surface area contributed by atoms with E-state index in [0.29, 0.717) is 10.0 Å². The predicted molar refractivity (Wildman–Crippen MR) is 82.2 cm³/mol. The zero-order valence-electron chi connectivity index (χ0n) is 11.0. The molecule has 0 bridgehead atoms. The van der Waals surface area contributed by atoms with Gasteiger partial charge in [-0.1, -0.05) is 53.5 Å². The summed E-state index contributed by atoms with van der Waals surface area (Å²) in [6.07, 6.45) is 2.04. The Hall–Kier alpha value is -0.930. The molecule has 0 aliphatic heterocycles. The molecule has 0 aromatic heterocycles. The van der Waals surface area contributed by atoms with E-state index in [1.807, 2.05) is 24.3 Å². The molecule has 0 nitrogen and oxygen atoms in total. The van der Waals surface area contributed by atoms with Gasteiger partial charge in [-0.05, 0) is 29.7 Å². The first-order valence-electron chi connectivity index (χ1n) is 6.40. The Bertz CT molecular complexity index is 573. The van der Waals surface area contributed by atoms with Crippen molar-refractivity contribution in [1.82, 2.24) is 0 Å². The maximum atomic E-state index is 13.9. The van der Waals surface area contributed by atoms with E-state index in [0.717, 1.165) is 12.8 Å². The van der Waals surface area contributed by atoms with Crippen molar-refractivity contribution < 1.29 is 8.78 Å². The molecule has 0 heterocycles. The molecule has 0 aliphatic carbocycles. The van der Waals surface area contributed by atoms with Crippen LogP contribution >= 0.6 is 27.5 Å². The molecule has 0 N–H and O–H groups in total. The zero-order chi connectivity index (χ0) is 14.7. The number of hydrogen-bond acceptors (Lipinski definition) is 0. The monoisotopic (exact) mass is 358 g/mol. The molecule has 0 spiro atoms. The van der Waals surface area contributed by atoms with Crippen molar-refractivity contribution in [3.8, 4) is 0 Å². The second-order valence-corrected chi connectivity index (χ2v) is 5.99. The summed E-state index contributed by atoms with van der Waals surface area (Å²) in [4.78, 5) is 0. The first kappa shape index (κ1) is 15.5. The Morgan fingerprint density at radius 3 is 2.15 bits per heavy atom. The van der Waals surface area contributed by atoms with Gasteiger partial charge >= 0.3 is 0 Å². The van der Waals surface area contributed by atoms with Gasteiger partial charge in [0, 0.05) is 10.0 Å². The van der Waals surface area contributed by atoms with Gasteiger partial charge in [0.15, 0.2) is 0 Å². The molecule has 2 aromatic carbocycles. The van der Waals surface area contributed by atoms with Gasteiger partial charge in [-0.3, -0.25) is 0 Å². The van der Waals surface area contributed by atoms with Crippen molar-refractivity contribution in [2.45, 2.75) is 25.1 Å². The fourth-order valence-electron chi connectivity index (χ4n) is 2.10. The third-order valence-electron chi connectivity index (χ3n) is 3.11. The van der Waals surface area contributed by atoms with Gasteiger partial charge in [0.05, 0.1) is 5.38 Å². The molecule has 0 saturated carbocycles. The molecule has 0 radical (unpaired) electrons. The van der Waals surface area contributed by atoms with Crippen molar-refractivity contribution in [2.75, 3.05) is 0 Å². The Morgan fingerprint density at radius 2 is 1.65 bits per heavy atom. The fourth-order valence-corrected chi connectivity index (χ4v) is 2.86. The molecule has 0 saturated heterocycles. The van der Waals surface area contributed by atoms with E-state index in [2.05, 4.69) is 22.9 Å². The van der Waals surface area contributed by atoms with E-state index in [1.54, 1.807) is 0 Å². The summed E-state index contributed by atoms with van der Waals surface area (Å²) < 4.78 is 28.1. The lowest BCUT2D eigenvalue weighted by atomic mass is 10.0. The number of aryl methyl sites for hydroxylation is 1. The van der Waals surface area contributed by atoms with Crippen LogP contribution in [0.15, 0.2) is 40.9 Å². The molecule has 20 heavy (non-hydrogen) atoms. The highest BCUT2D eigenvalue weighted by Gasteiger charge is 2.20. The van der Waals surface area contributed by atoms with Crippen LogP contribution in [0.4, 0.5) is 8.78 Å². The van der Waals surface area contributed by atoms with Crippen molar-refractivity contribution in [3.63, 3.8) is 0 Å². The number of halogens is 4. The maximum absolute atomic E-state index is 13.9. The largest absolute Gasteiger partial charge is 0.206 e. The van der Waals surface area contributed by atoms with Crippen LogP contribution in [0.1, 0.15) is 35.4 Å². The topological polar surface area (TPSA) is 0 Å². The number of hydrogen-bond donors (Lipinski definition) is 0. The summed E-state index contributed by atoms with van der Waals surface area (Å²) in [7, 11) is 0. The van der Waals surface area contributed by atoms with Crippen LogP contribution in [0.5, 0.6) is 0 Å². The minimum atomic E-state index is -0.834. The lowest BCUT2D eigenvalue weighted by Crippen LogP contribution is -2.01. The van der Waals surface area contributed by atoms with Gasteiger partial charge in [0.2, 0.25) is 0 Å². The smallest absolute Gasteiger partial charge is 0.132 e. The van der Waals surface area contributed by atoms with Gasteiger partial charge in [-0.25, -0.2) is 8.78 Å². The van der Waals surface area contributed by atoms with Gasteiger partial charge in [0.1, 0.15) is 11.6 Å². The molecule has 1 atom stereocenters. The number of benzene rings is 2. The average molecular weight is 360 g/mol. The summed E-state index contributed by atoms with van der Waals surface area (Å²) in [6, 6.07) is 9.98. The summed E-state index contributed by atoms with van der Waals surface area (Å²) >= 11 is 9.28. The Morgan fingerprint density at radius 1 is 1.10 bits per heavy atom. The predicted octanol–water partition coefficient (Wildman–Crippen LogP) is 6.01. The third-order valence-corrected chi connectivity index (χ3v) is 4.04. The van der Waals surface area contributed by atoms with Crippen LogP contribution < -0.4 is 0 Å². The molecule has 0 fully saturated rings.